The van der Waals surface area contributed by atoms with Gasteiger partial charge in [0.25, 0.3) is 0 Å². The number of nitrogens with two attached hydrogens (primary N) is 2. The van der Waals surface area contributed by atoms with Crippen molar-refractivity contribution in [2.45, 2.75) is 242 Å². The average molecular weight is 1920 g/mol. The first-order valence-electron chi connectivity index (χ1n) is 47.3. The van der Waals surface area contributed by atoms with Crippen molar-refractivity contribution >= 4 is 58.4 Å². The smallest absolute Gasteiger partial charge is 0.410 e. The molecule has 0 aliphatic carbocycles. The zero-order valence-corrected chi connectivity index (χ0v) is 81.2. The van der Waals surface area contributed by atoms with E-state index in [1.54, 1.807) is 47.6 Å². The maximum absolute atomic E-state index is 12.8. The average Bonchev–Trinajstić information content (AvgIpc) is 1.71. The van der Waals surface area contributed by atoms with E-state index in [2.05, 4.69) is 52.4 Å². The highest BCUT2D eigenvalue weighted by Crippen LogP contribution is 2.31. The first-order chi connectivity index (χ1) is 65.8. The quantitative estimate of drug-likeness (QED) is 0.00521. The molecule has 7 heterocycles. The van der Waals surface area contributed by atoms with E-state index in [1.807, 2.05) is 185 Å². The zero-order valence-electron chi connectivity index (χ0n) is 80.4. The van der Waals surface area contributed by atoms with Crippen molar-refractivity contribution in [2.24, 2.45) is 17.4 Å². The molecule has 12 N–H and O–H groups in total. The Labute approximate surface area is 808 Å². The molecule has 0 saturated carbocycles. The van der Waals surface area contributed by atoms with E-state index >= 15 is 0 Å². The number of sulfonamides is 1. The number of rotatable bonds is 29. The molecule has 8 amide bonds. The predicted octanol–water partition coefficient (Wildman–Crippen LogP) is 12.4. The summed E-state index contributed by atoms with van der Waals surface area (Å²) in [6.45, 7) is 30.1. The topological polar surface area (TPSA) is 455 Å². The highest BCUT2D eigenvalue weighted by Gasteiger charge is 2.43. The van der Waals surface area contributed by atoms with E-state index < -0.39 is 75.4 Å². The van der Waals surface area contributed by atoms with Crippen LogP contribution in [0.25, 0.3) is 0 Å². The minimum Gasteiger partial charge on any atom is -0.618 e. The fourth-order valence-corrected chi connectivity index (χ4v) is 16.0. The molecule has 35 heteroatoms. The van der Waals surface area contributed by atoms with Crippen LogP contribution in [0.15, 0.2) is 231 Å². The highest BCUT2D eigenvalue weighted by atomic mass is 32.2. The number of nitrogens with one attached hydrogen (secondary N) is 5. The number of nitrogens with zero attached hydrogens (tertiary/aromatic N) is 6. The first-order valence-corrected chi connectivity index (χ1v) is 48.7. The van der Waals surface area contributed by atoms with Gasteiger partial charge in [0.1, 0.15) is 50.8 Å². The molecule has 8 unspecified atom stereocenters. The second kappa shape index (κ2) is 63.6. The normalized spacial score (nSPS) is 19.4. The molecule has 1 aromatic heterocycles. The van der Waals surface area contributed by atoms with E-state index in [1.165, 1.54) is 23.1 Å². The van der Waals surface area contributed by atoms with Crippen LogP contribution in [0.5, 0.6) is 0 Å². The zero-order chi connectivity index (χ0) is 99.8. The molecule has 5 fully saturated rings. The second-order valence-electron chi connectivity index (χ2n) is 35.0. The molecule has 5 saturated heterocycles. The van der Waals surface area contributed by atoms with Gasteiger partial charge in [-0.3, -0.25) is 9.59 Å². The van der Waals surface area contributed by atoms with Crippen LogP contribution in [0.1, 0.15) is 166 Å². The van der Waals surface area contributed by atoms with Crippen LogP contribution < -0.4 is 42.8 Å². The third-order valence-corrected chi connectivity index (χ3v) is 23.8. The van der Waals surface area contributed by atoms with Crippen molar-refractivity contribution in [2.75, 3.05) is 85.1 Å². The predicted molar refractivity (Wildman–Crippen MR) is 524 cm³/mol. The number of epoxide rings is 1. The number of fused-ring (bicyclic) bond motifs is 1. The molecule has 5 aromatic carbocycles. The Kier molecular flexibility index (Phi) is 52.9. The number of unbranched alkanes of at least 4 members (excludes halogenated alkanes) is 1. The standard InChI is InChI=1S/C17H28N4O5S.C16H31N3O4.C16H21NO2.C14H20N2O3.C14H17NO3.C14H17NO2.C11H13NO2/c1-12(2)10-13(18)17(23)19-14-6-5-8-20(11-15(14)22)27(25,26)16-7-3-4-9-21(16)24;1-5-7-12(19-15(22)23-16(2,3)4)14(21)18-11-8-6-9-17-10-13(11)20;1-3-5-9-13-17(12-4-2)16(18)19-14-15-10-7-6-8-11-15;15-12-7-4-8-16(9-13(12)17)14(18)19-10-11-5-2-1-3-6-11;16-14(17-10-11-5-2-1-3-6-11)15-8-4-7-12-13(9-15)18-12;16-14(15-10-6-1-2-7-11-15)17-12-13-8-4-3-5-9-13;1-2-8-12-11(13)14-9-10-6-4-3-5-7-10/h3-4,7,9,12-15,22H,5-6,8,10-11,18H2,1-2H3,(H,19,23);11-13,17,20H,5-10H2,1-4H3,(H,18,21)(H,19,22);3-4,6-8,10-11H,1-2,5,9,12-14H2;1-3,5-6,12-13,17H,4,7-10,15H2;1-3,5-6,12-13H,4,7-10H2;1,3-6,8-9H,2,7,10-12H2;2-7H,1,8-9H2,(H,12,13)/t13-,14?,15?;11?,12-,13?;;;;;/m00...../s1. The van der Waals surface area contributed by atoms with Gasteiger partial charge < -0.3 is 111 Å². The summed E-state index contributed by atoms with van der Waals surface area (Å²) in [5, 5.41) is 55.6. The molecule has 137 heavy (non-hydrogen) atoms. The van der Waals surface area contributed by atoms with Gasteiger partial charge in [0.05, 0.1) is 55.6 Å². The number of aliphatic hydroxyl groups excluding tert-OH is 3. The number of aromatic nitrogens is 1. The Morgan fingerprint density at radius 2 is 1.09 bits per heavy atom. The molecule has 0 bridgehead atoms. The summed E-state index contributed by atoms with van der Waals surface area (Å²) in [4.78, 5) is 102. The van der Waals surface area contributed by atoms with Crippen molar-refractivity contribution in [3.63, 3.8) is 0 Å². The van der Waals surface area contributed by atoms with Gasteiger partial charge in [-0.1, -0.05) is 209 Å². The molecule has 6 aromatic rings. The number of benzene rings is 5. The molecule has 0 spiro atoms. The number of carbonyl (C=O) groups is 8. The first kappa shape index (κ1) is 114. The number of amides is 8. The summed E-state index contributed by atoms with van der Waals surface area (Å²) in [5.74, 6) is -0.372. The van der Waals surface area contributed by atoms with Gasteiger partial charge in [0.2, 0.25) is 11.8 Å². The van der Waals surface area contributed by atoms with Crippen LogP contribution in [0, 0.1) is 11.1 Å². The van der Waals surface area contributed by atoms with Gasteiger partial charge in [-0.2, -0.15) is 9.04 Å². The lowest BCUT2D eigenvalue weighted by Crippen LogP contribution is -2.53. The molecule has 752 valence electrons. The van der Waals surface area contributed by atoms with E-state index in [-0.39, 0.29) is 85.2 Å². The number of aliphatic hydroxyl groups is 3. The fourth-order valence-electron chi connectivity index (χ4n) is 14.5. The molecule has 34 nitrogen and oxygen atoms in total. The summed E-state index contributed by atoms with van der Waals surface area (Å²) < 4.78 is 63.6. The van der Waals surface area contributed by atoms with Gasteiger partial charge in [-0.05, 0) is 157 Å². The van der Waals surface area contributed by atoms with Gasteiger partial charge in [-0.25, -0.2) is 37.2 Å². The number of likely N-dealkylation sites (tertiary alicyclic amines) is 2. The maximum atomic E-state index is 12.8. The number of allylic oxidation sites excluding steroid dienone is 2. The van der Waals surface area contributed by atoms with Gasteiger partial charge in [0.15, 0.2) is 6.20 Å². The van der Waals surface area contributed by atoms with Gasteiger partial charge >= 0.3 is 51.6 Å². The number of pyridine rings is 1. The van der Waals surface area contributed by atoms with E-state index in [0.29, 0.717) is 110 Å². The van der Waals surface area contributed by atoms with Crippen molar-refractivity contribution in [3.05, 3.63) is 259 Å². The van der Waals surface area contributed by atoms with Crippen molar-refractivity contribution in [3.8, 4) is 0 Å². The van der Waals surface area contributed by atoms with Crippen LogP contribution in [-0.4, -0.2) is 247 Å². The van der Waals surface area contributed by atoms with Crippen LogP contribution in [-0.2, 0) is 85.8 Å². The molecule has 12 rings (SSSR count). The molecule has 10 atom stereocenters. The number of β-amino-alcohol motifs (C(OH)–C–C–N with tert-alkyl or cyclic N) is 3. The largest absolute Gasteiger partial charge is 0.618 e. The molecule has 6 aliphatic rings. The molecular weight excluding hydrogens is 1780 g/mol. The minimum absolute atomic E-state index is 0.151. The lowest BCUT2D eigenvalue weighted by molar-refractivity contribution is -0.646. The van der Waals surface area contributed by atoms with Gasteiger partial charge in [-0.15, -0.1) is 19.7 Å². The Hall–Kier alpha value is -11.8. The van der Waals surface area contributed by atoms with Crippen LogP contribution >= 0.6 is 0 Å². The lowest BCUT2D eigenvalue weighted by Gasteiger charge is -2.26. The van der Waals surface area contributed by atoms with Crippen molar-refractivity contribution in [1.29, 1.82) is 0 Å². The summed E-state index contributed by atoms with van der Waals surface area (Å²) >= 11 is 0. The van der Waals surface area contributed by atoms with Crippen LogP contribution in [0.2, 0.25) is 0 Å². The van der Waals surface area contributed by atoms with Crippen molar-refractivity contribution in [1.82, 2.24) is 50.5 Å². The molecular formula is C102H147N13O21S. The number of alkyl carbamates (subject to hydrolysis) is 2. The summed E-state index contributed by atoms with van der Waals surface area (Å²) in [5.41, 5.74) is 16.0. The highest BCUT2D eigenvalue weighted by molar-refractivity contribution is 7.89. The number of hydrogen-bond acceptors (Lipinski definition) is 24. The lowest BCUT2D eigenvalue weighted by atomic mass is 10.0. The van der Waals surface area contributed by atoms with E-state index in [0.717, 1.165) is 122 Å². The Balaban J connectivity index is 0.000000247. The summed E-state index contributed by atoms with van der Waals surface area (Å²) in [6, 6.07) is 49.8. The van der Waals surface area contributed by atoms with Crippen LogP contribution in [0.3, 0.4) is 0 Å². The molecule has 0 radical (unpaired) electrons. The Bertz CT molecular complexity index is 4690. The molecule has 6 aliphatic heterocycles. The van der Waals surface area contributed by atoms with E-state index in [9.17, 15) is 67.3 Å². The van der Waals surface area contributed by atoms with Gasteiger partial charge in [0, 0.05) is 83.6 Å². The number of hydrogen-bond donors (Lipinski definition) is 10. The Morgan fingerprint density at radius 1 is 0.591 bits per heavy atom. The SMILES string of the molecule is C=CCCCN(CC=C)C(=O)OCc1ccccc1.C=CCNC(=O)OCc1ccccc1.CC(C)C[C@H](N)C(=O)NC1CCCN(S(=O)(=O)c2cccc[n+]2[O-])CC1O.CCC[C@H](NC(=O)OC(C)(C)C)C(=O)NC1CCCNCC1O.NC1CCCN(C(=O)OCc2ccccc2)CC1O.O=C(OCc1ccccc1)N1CC=CCCC1.O=C(OCc1ccccc1)N1CCCC2OC2C1. The van der Waals surface area contributed by atoms with E-state index in [4.69, 9.17) is 44.6 Å². The second-order valence-corrected chi connectivity index (χ2v) is 36.9. The third-order valence-electron chi connectivity index (χ3n) is 22.0. The fraction of sp³-hybridized carbons (Fsp3) is 0.500. The summed E-state index contributed by atoms with van der Waals surface area (Å²) in [6.07, 6.45) is 18.1. The number of ether oxygens (including phenoxy) is 7. The maximum Gasteiger partial charge on any atom is 0.410 e. The third kappa shape index (κ3) is 45.8. The monoisotopic (exact) mass is 1920 g/mol. The van der Waals surface area contributed by atoms with Crippen molar-refractivity contribution < 1.29 is 100.0 Å². The van der Waals surface area contributed by atoms with Crippen LogP contribution in [0.4, 0.5) is 28.8 Å². The Morgan fingerprint density at radius 3 is 1.63 bits per heavy atom. The minimum atomic E-state index is -4.05. The summed E-state index contributed by atoms with van der Waals surface area (Å²) in [7, 11) is -4.05. The number of carbonyl (C=O) groups excluding carboxylic acids is 8.